The molecule has 1 atom stereocenters. The maximum Gasteiger partial charge on any atom is 0.336 e. The van der Waals surface area contributed by atoms with Crippen LogP contribution in [0, 0.1) is 0 Å². The predicted molar refractivity (Wildman–Crippen MR) is 135 cm³/mol. The van der Waals surface area contributed by atoms with Gasteiger partial charge in [0.25, 0.3) is 5.91 Å². The van der Waals surface area contributed by atoms with Crippen LogP contribution in [0.15, 0.2) is 65.6 Å². The zero-order valence-corrected chi connectivity index (χ0v) is 20.4. The number of carbonyl (C=O) groups is 4. The van der Waals surface area contributed by atoms with E-state index in [1.165, 1.54) is 11.8 Å². The summed E-state index contributed by atoms with van der Waals surface area (Å²) >= 11 is 13.2. The molecule has 3 aromatic rings. The minimum absolute atomic E-state index is 0.174. The van der Waals surface area contributed by atoms with E-state index in [-0.39, 0.29) is 17.0 Å². The van der Waals surface area contributed by atoms with E-state index in [1.54, 1.807) is 49.4 Å². The van der Waals surface area contributed by atoms with E-state index in [0.717, 1.165) is 23.1 Å². The number of anilines is 2. The van der Waals surface area contributed by atoms with Gasteiger partial charge in [-0.3, -0.25) is 9.59 Å². The van der Waals surface area contributed by atoms with E-state index in [2.05, 4.69) is 10.6 Å². The van der Waals surface area contributed by atoms with Crippen molar-refractivity contribution in [1.29, 1.82) is 0 Å². The monoisotopic (exact) mass is 532 g/mol. The van der Waals surface area contributed by atoms with Crippen LogP contribution in [0.25, 0.3) is 0 Å². The van der Waals surface area contributed by atoms with E-state index in [9.17, 15) is 24.3 Å². The molecule has 0 aromatic heterocycles. The second kappa shape index (κ2) is 11.3. The number of hydrogen-bond acceptors (Lipinski definition) is 5. The van der Waals surface area contributed by atoms with Gasteiger partial charge >= 0.3 is 11.9 Å². The Balaban J connectivity index is 1.65. The molecule has 8 nitrogen and oxygen atoms in total. The Bertz CT molecular complexity index is 1290. The van der Waals surface area contributed by atoms with Gasteiger partial charge in [0.15, 0.2) is 0 Å². The van der Waals surface area contributed by atoms with Crippen LogP contribution in [0.1, 0.15) is 38.0 Å². The van der Waals surface area contributed by atoms with Crippen molar-refractivity contribution in [2.45, 2.75) is 17.1 Å². The molecule has 0 aliphatic rings. The molecular formula is C24H18Cl2N2O6S. The van der Waals surface area contributed by atoms with Gasteiger partial charge < -0.3 is 20.8 Å². The second-order valence-electron chi connectivity index (χ2n) is 7.26. The molecule has 0 aliphatic carbocycles. The lowest BCUT2D eigenvalue weighted by Gasteiger charge is -2.13. The maximum absolute atomic E-state index is 12.6. The number of halogens is 2. The number of hydrogen-bond donors (Lipinski definition) is 4. The molecule has 0 heterocycles. The average Bonchev–Trinajstić information content (AvgIpc) is 2.79. The Morgan fingerprint density at radius 1 is 0.771 bits per heavy atom. The summed E-state index contributed by atoms with van der Waals surface area (Å²) in [5.74, 6) is -3.67. The third kappa shape index (κ3) is 6.98. The van der Waals surface area contributed by atoms with Gasteiger partial charge in [-0.05, 0) is 67.6 Å². The number of carbonyl (C=O) groups excluding carboxylic acids is 2. The molecule has 0 saturated heterocycles. The molecule has 11 heteroatoms. The minimum Gasteiger partial charge on any atom is -0.478 e. The number of nitrogens with one attached hydrogen (secondary N) is 2. The fraction of sp³-hybridized carbons (Fsp3) is 0.0833. The summed E-state index contributed by atoms with van der Waals surface area (Å²) in [6.07, 6.45) is 0. The summed E-state index contributed by atoms with van der Waals surface area (Å²) in [4.78, 5) is 48.4. The SMILES string of the molecule is CC(Sc1ccc(NC(=O)c2ccc(C(=O)O)cc2C(=O)O)cc1)C(=O)Nc1cc(Cl)cc(Cl)c1. The summed E-state index contributed by atoms with van der Waals surface area (Å²) in [7, 11) is 0. The summed E-state index contributed by atoms with van der Waals surface area (Å²) in [5, 5.41) is 24.1. The molecule has 2 amide bonds. The highest BCUT2D eigenvalue weighted by atomic mass is 35.5. The second-order valence-corrected chi connectivity index (χ2v) is 9.54. The Hall–Kier alpha value is -3.53. The van der Waals surface area contributed by atoms with Crippen LogP contribution in [-0.4, -0.2) is 39.2 Å². The van der Waals surface area contributed by atoms with E-state index < -0.39 is 28.7 Å². The van der Waals surface area contributed by atoms with Crippen LogP contribution in [0.3, 0.4) is 0 Å². The van der Waals surface area contributed by atoms with Gasteiger partial charge in [-0.2, -0.15) is 0 Å². The van der Waals surface area contributed by atoms with Gasteiger partial charge in [0.1, 0.15) is 0 Å². The topological polar surface area (TPSA) is 133 Å². The van der Waals surface area contributed by atoms with Crippen LogP contribution < -0.4 is 10.6 Å². The fourth-order valence-electron chi connectivity index (χ4n) is 3.00. The smallest absolute Gasteiger partial charge is 0.336 e. The van der Waals surface area contributed by atoms with Crippen molar-refractivity contribution in [3.63, 3.8) is 0 Å². The highest BCUT2D eigenvalue weighted by Crippen LogP contribution is 2.27. The number of aromatic carboxylic acids is 2. The molecule has 0 aliphatic heterocycles. The summed E-state index contributed by atoms with van der Waals surface area (Å²) in [6.45, 7) is 1.73. The summed E-state index contributed by atoms with van der Waals surface area (Å²) < 4.78 is 0. The lowest BCUT2D eigenvalue weighted by molar-refractivity contribution is -0.115. The van der Waals surface area contributed by atoms with Crippen LogP contribution in [-0.2, 0) is 4.79 Å². The zero-order valence-electron chi connectivity index (χ0n) is 18.0. The van der Waals surface area contributed by atoms with Gasteiger partial charge in [-0.15, -0.1) is 11.8 Å². The first-order valence-electron chi connectivity index (χ1n) is 9.99. The molecule has 0 spiro atoms. The first-order chi connectivity index (χ1) is 16.5. The van der Waals surface area contributed by atoms with E-state index >= 15 is 0 Å². The van der Waals surface area contributed by atoms with E-state index in [4.69, 9.17) is 28.3 Å². The molecule has 0 bridgehead atoms. The van der Waals surface area contributed by atoms with Gasteiger partial charge in [0.2, 0.25) is 5.91 Å². The molecule has 0 radical (unpaired) electrons. The molecule has 1 unspecified atom stereocenters. The van der Waals surface area contributed by atoms with Crippen LogP contribution in [0.5, 0.6) is 0 Å². The summed E-state index contributed by atoms with van der Waals surface area (Å²) in [5.41, 5.74) is 0.0403. The molecule has 4 N–H and O–H groups in total. The van der Waals surface area contributed by atoms with Gasteiger partial charge in [0.05, 0.1) is 21.9 Å². The van der Waals surface area contributed by atoms with Gasteiger partial charge in [0, 0.05) is 26.3 Å². The lowest BCUT2D eigenvalue weighted by atomic mass is 10.0. The number of rotatable bonds is 8. The van der Waals surface area contributed by atoms with Gasteiger partial charge in [-0.1, -0.05) is 23.2 Å². The minimum atomic E-state index is -1.42. The Morgan fingerprint density at radius 3 is 1.97 bits per heavy atom. The first-order valence-corrected chi connectivity index (χ1v) is 11.6. The first kappa shape index (κ1) is 26.1. The zero-order chi connectivity index (χ0) is 25.7. The third-order valence-corrected chi connectivity index (χ3v) is 6.21. The molecule has 180 valence electrons. The predicted octanol–water partition coefficient (Wildman–Crippen LogP) is 5.76. The Morgan fingerprint density at radius 2 is 1.40 bits per heavy atom. The lowest BCUT2D eigenvalue weighted by Crippen LogP contribution is -2.22. The number of carboxylic acids is 2. The van der Waals surface area contributed by atoms with Crippen LogP contribution in [0.2, 0.25) is 10.0 Å². The summed E-state index contributed by atoms with van der Waals surface area (Å²) in [6, 6.07) is 14.6. The molecular weight excluding hydrogens is 515 g/mol. The number of amides is 2. The van der Waals surface area contributed by atoms with E-state index in [1.807, 2.05) is 0 Å². The molecule has 3 aromatic carbocycles. The highest BCUT2D eigenvalue weighted by Gasteiger charge is 2.20. The number of thioether (sulfide) groups is 1. The normalized spacial score (nSPS) is 11.4. The van der Waals surface area contributed by atoms with E-state index in [0.29, 0.717) is 21.4 Å². The fourth-order valence-corrected chi connectivity index (χ4v) is 4.39. The number of carboxylic acid groups (broad SMARTS) is 2. The maximum atomic E-state index is 12.6. The van der Waals surface area contributed by atoms with Gasteiger partial charge in [-0.25, -0.2) is 9.59 Å². The van der Waals surface area contributed by atoms with Crippen molar-refractivity contribution in [3.05, 3.63) is 87.4 Å². The van der Waals surface area contributed by atoms with Crippen molar-refractivity contribution in [1.82, 2.24) is 0 Å². The molecule has 0 fully saturated rings. The number of benzene rings is 3. The quantitative estimate of drug-likeness (QED) is 0.271. The molecule has 0 saturated carbocycles. The average molecular weight is 533 g/mol. The van der Waals surface area contributed by atoms with Crippen molar-refractivity contribution in [3.8, 4) is 0 Å². The Labute approximate surface area is 214 Å². The highest BCUT2D eigenvalue weighted by molar-refractivity contribution is 8.00. The Kier molecular flexibility index (Phi) is 8.39. The standard InChI is InChI=1S/C24H18Cl2N2O6S/c1-12(21(29)28-17-10-14(25)9-15(26)11-17)35-18-5-3-16(4-6-18)27-22(30)19-7-2-13(23(31)32)8-20(19)24(33)34/h2-12H,1H3,(H,27,30)(H,28,29)(H,31,32)(H,33,34). The van der Waals surface area contributed by atoms with Crippen molar-refractivity contribution < 1.29 is 29.4 Å². The third-order valence-electron chi connectivity index (χ3n) is 4.67. The van der Waals surface area contributed by atoms with Crippen molar-refractivity contribution in [2.24, 2.45) is 0 Å². The molecule has 3 rings (SSSR count). The largest absolute Gasteiger partial charge is 0.478 e. The van der Waals surface area contributed by atoms with Crippen LogP contribution in [0.4, 0.5) is 11.4 Å². The van der Waals surface area contributed by atoms with Crippen LogP contribution >= 0.6 is 35.0 Å². The van der Waals surface area contributed by atoms with Crippen molar-refractivity contribution in [2.75, 3.05) is 10.6 Å². The molecule has 35 heavy (non-hydrogen) atoms. The van der Waals surface area contributed by atoms with Crippen molar-refractivity contribution >= 4 is 70.1 Å².